The Balaban J connectivity index is 3.14. The normalized spacial score (nSPS) is 10.8. The summed E-state index contributed by atoms with van der Waals surface area (Å²) in [5.41, 5.74) is 0. The van der Waals surface area contributed by atoms with E-state index in [1.807, 2.05) is 0 Å². The fourth-order valence-corrected chi connectivity index (χ4v) is 2.16. The highest BCUT2D eigenvalue weighted by atomic mass is 16.5. The van der Waals surface area contributed by atoms with E-state index >= 15 is 0 Å². The topological polar surface area (TPSA) is 52.6 Å². The van der Waals surface area contributed by atoms with Gasteiger partial charge in [0.1, 0.15) is 0 Å². The molecule has 0 aliphatic rings. The third-order valence-electron chi connectivity index (χ3n) is 3.47. The van der Waals surface area contributed by atoms with Crippen molar-refractivity contribution in [3.63, 3.8) is 0 Å². The van der Waals surface area contributed by atoms with Crippen LogP contribution in [0.4, 0.5) is 0 Å². The molecule has 0 heterocycles. The lowest BCUT2D eigenvalue weighted by Crippen LogP contribution is -1.99. The minimum atomic E-state index is -0.194. The van der Waals surface area contributed by atoms with Gasteiger partial charge in [0, 0.05) is 13.3 Å². The molecule has 0 saturated heterocycles. The predicted molar refractivity (Wildman–Crippen MR) is 88.6 cm³/mol. The SMILES string of the molecule is COC(=O)CCCCCCCC/C=C/CCCCOC(C)=O. The second-order valence-electron chi connectivity index (χ2n) is 5.54. The Kier molecular flexibility index (Phi) is 15.1. The molecule has 128 valence electrons. The number of unbranched alkanes of at least 4 members (excludes halogenated alkanes) is 8. The second-order valence-corrected chi connectivity index (χ2v) is 5.54. The van der Waals surface area contributed by atoms with E-state index in [0.29, 0.717) is 13.0 Å². The lowest BCUT2D eigenvalue weighted by molar-refractivity contribution is -0.141. The Bertz CT molecular complexity index is 310. The van der Waals surface area contributed by atoms with Gasteiger partial charge in [0.25, 0.3) is 0 Å². The van der Waals surface area contributed by atoms with Crippen LogP contribution in [-0.2, 0) is 19.1 Å². The Morgan fingerprint density at radius 3 is 1.95 bits per heavy atom. The minimum Gasteiger partial charge on any atom is -0.469 e. The molecule has 0 bridgehead atoms. The van der Waals surface area contributed by atoms with E-state index < -0.39 is 0 Å². The van der Waals surface area contributed by atoms with Crippen molar-refractivity contribution in [1.29, 1.82) is 0 Å². The van der Waals surface area contributed by atoms with Crippen molar-refractivity contribution in [3.05, 3.63) is 12.2 Å². The molecule has 22 heavy (non-hydrogen) atoms. The Hall–Kier alpha value is -1.32. The van der Waals surface area contributed by atoms with Crippen LogP contribution in [0.1, 0.15) is 77.6 Å². The zero-order valence-electron chi connectivity index (χ0n) is 14.3. The van der Waals surface area contributed by atoms with Gasteiger partial charge in [-0.1, -0.05) is 37.8 Å². The van der Waals surface area contributed by atoms with Gasteiger partial charge in [0.15, 0.2) is 0 Å². The van der Waals surface area contributed by atoms with Crippen molar-refractivity contribution in [1.82, 2.24) is 0 Å². The van der Waals surface area contributed by atoms with Crippen molar-refractivity contribution in [2.75, 3.05) is 13.7 Å². The van der Waals surface area contributed by atoms with E-state index in [1.165, 1.54) is 39.7 Å². The number of carbonyl (C=O) groups is 2. The van der Waals surface area contributed by atoms with E-state index in [-0.39, 0.29) is 11.9 Å². The molecule has 0 N–H and O–H groups in total. The molecule has 0 rings (SSSR count). The number of rotatable bonds is 14. The van der Waals surface area contributed by atoms with Gasteiger partial charge in [-0.25, -0.2) is 0 Å². The second kappa shape index (κ2) is 16.1. The summed E-state index contributed by atoms with van der Waals surface area (Å²) in [7, 11) is 1.44. The molecule has 0 spiro atoms. The fourth-order valence-electron chi connectivity index (χ4n) is 2.16. The maximum atomic E-state index is 10.9. The summed E-state index contributed by atoms with van der Waals surface area (Å²) in [6.07, 6.45) is 16.3. The number of methoxy groups -OCH3 is 1. The standard InChI is InChI=1S/C18H32O4/c1-17(19)22-16-14-12-10-8-6-4-3-5-7-9-11-13-15-18(20)21-2/h6,8H,3-5,7,9-16H2,1-2H3/b8-6+. The summed E-state index contributed by atoms with van der Waals surface area (Å²) in [4.78, 5) is 21.5. The first-order valence-corrected chi connectivity index (χ1v) is 8.52. The smallest absolute Gasteiger partial charge is 0.305 e. The molecule has 0 amide bonds. The molecule has 0 aliphatic carbocycles. The van der Waals surface area contributed by atoms with Gasteiger partial charge in [0.2, 0.25) is 0 Å². The maximum absolute atomic E-state index is 10.9. The average molecular weight is 312 g/mol. The molecule has 0 aromatic carbocycles. The van der Waals surface area contributed by atoms with Crippen LogP contribution in [0.2, 0.25) is 0 Å². The van der Waals surface area contributed by atoms with Crippen LogP contribution >= 0.6 is 0 Å². The predicted octanol–water partition coefficient (Wildman–Crippen LogP) is 4.57. The third-order valence-corrected chi connectivity index (χ3v) is 3.47. The molecular weight excluding hydrogens is 280 g/mol. The van der Waals surface area contributed by atoms with Crippen molar-refractivity contribution in [2.24, 2.45) is 0 Å². The van der Waals surface area contributed by atoms with Gasteiger partial charge in [-0.2, -0.15) is 0 Å². The monoisotopic (exact) mass is 312 g/mol. The first-order valence-electron chi connectivity index (χ1n) is 8.52. The van der Waals surface area contributed by atoms with Crippen molar-refractivity contribution < 1.29 is 19.1 Å². The van der Waals surface area contributed by atoms with E-state index in [2.05, 4.69) is 16.9 Å². The highest BCUT2D eigenvalue weighted by Crippen LogP contribution is 2.09. The number of carbonyl (C=O) groups excluding carboxylic acids is 2. The summed E-state index contributed by atoms with van der Waals surface area (Å²) in [5, 5.41) is 0. The van der Waals surface area contributed by atoms with Crippen molar-refractivity contribution in [2.45, 2.75) is 77.6 Å². The van der Waals surface area contributed by atoms with Gasteiger partial charge < -0.3 is 9.47 Å². The molecule has 0 atom stereocenters. The van der Waals surface area contributed by atoms with Crippen LogP contribution in [0.5, 0.6) is 0 Å². The summed E-state index contributed by atoms with van der Waals surface area (Å²) in [6.45, 7) is 1.98. The number of esters is 2. The van der Waals surface area contributed by atoms with Gasteiger partial charge >= 0.3 is 11.9 Å². The highest BCUT2D eigenvalue weighted by Gasteiger charge is 1.98. The Morgan fingerprint density at radius 2 is 1.36 bits per heavy atom. The molecule has 0 radical (unpaired) electrons. The van der Waals surface area contributed by atoms with Crippen LogP contribution in [0.3, 0.4) is 0 Å². The fraction of sp³-hybridized carbons (Fsp3) is 0.778. The van der Waals surface area contributed by atoms with Crippen LogP contribution in [-0.4, -0.2) is 25.7 Å². The van der Waals surface area contributed by atoms with Gasteiger partial charge in [-0.15, -0.1) is 0 Å². The zero-order chi connectivity index (χ0) is 16.5. The van der Waals surface area contributed by atoms with Crippen molar-refractivity contribution >= 4 is 11.9 Å². The van der Waals surface area contributed by atoms with Crippen molar-refractivity contribution in [3.8, 4) is 0 Å². The highest BCUT2D eigenvalue weighted by molar-refractivity contribution is 5.68. The first kappa shape index (κ1) is 20.7. The van der Waals surface area contributed by atoms with E-state index in [9.17, 15) is 9.59 Å². The number of hydrogen-bond donors (Lipinski definition) is 0. The molecule has 0 aliphatic heterocycles. The lowest BCUT2D eigenvalue weighted by Gasteiger charge is -2.01. The van der Waals surface area contributed by atoms with Gasteiger partial charge in [-0.05, 0) is 38.5 Å². The lowest BCUT2D eigenvalue weighted by atomic mass is 10.1. The van der Waals surface area contributed by atoms with E-state index in [1.54, 1.807) is 0 Å². The molecule has 4 heteroatoms. The average Bonchev–Trinajstić information content (AvgIpc) is 2.50. The minimum absolute atomic E-state index is 0.0991. The Morgan fingerprint density at radius 1 is 0.818 bits per heavy atom. The van der Waals surface area contributed by atoms with E-state index in [0.717, 1.165) is 38.5 Å². The largest absolute Gasteiger partial charge is 0.469 e. The first-order chi connectivity index (χ1) is 10.7. The van der Waals surface area contributed by atoms with Crippen LogP contribution < -0.4 is 0 Å². The zero-order valence-corrected chi connectivity index (χ0v) is 14.3. The van der Waals surface area contributed by atoms with Crippen LogP contribution in [0, 0.1) is 0 Å². The summed E-state index contributed by atoms with van der Waals surface area (Å²) >= 11 is 0. The number of allylic oxidation sites excluding steroid dienone is 2. The summed E-state index contributed by atoms with van der Waals surface area (Å²) in [5.74, 6) is -0.293. The Labute approximate surface area is 135 Å². The van der Waals surface area contributed by atoms with Crippen LogP contribution in [0.25, 0.3) is 0 Å². The molecule has 0 aromatic heterocycles. The van der Waals surface area contributed by atoms with Crippen LogP contribution in [0.15, 0.2) is 12.2 Å². The third kappa shape index (κ3) is 16.7. The number of hydrogen-bond acceptors (Lipinski definition) is 4. The molecule has 0 unspecified atom stereocenters. The number of ether oxygens (including phenoxy) is 2. The maximum Gasteiger partial charge on any atom is 0.305 e. The summed E-state index contributed by atoms with van der Waals surface area (Å²) in [6, 6.07) is 0. The molecule has 0 fully saturated rings. The molecular formula is C18H32O4. The quantitative estimate of drug-likeness (QED) is 0.268. The van der Waals surface area contributed by atoms with Gasteiger partial charge in [0.05, 0.1) is 13.7 Å². The van der Waals surface area contributed by atoms with Gasteiger partial charge in [-0.3, -0.25) is 9.59 Å². The molecule has 4 nitrogen and oxygen atoms in total. The molecule has 0 aromatic rings. The summed E-state index contributed by atoms with van der Waals surface area (Å²) < 4.78 is 9.48. The molecule has 0 saturated carbocycles. The van der Waals surface area contributed by atoms with E-state index in [4.69, 9.17) is 4.74 Å².